The van der Waals surface area contributed by atoms with Crippen LogP contribution in [-0.4, -0.2) is 47.9 Å². The van der Waals surface area contributed by atoms with Crippen LogP contribution in [-0.2, 0) is 17.6 Å². The van der Waals surface area contributed by atoms with Gasteiger partial charge in [-0.2, -0.15) is 0 Å². The highest BCUT2D eigenvalue weighted by Crippen LogP contribution is 2.28. The van der Waals surface area contributed by atoms with E-state index in [1.54, 1.807) is 24.1 Å². The molecule has 0 aromatic heterocycles. The normalized spacial score (nSPS) is 13.1. The van der Waals surface area contributed by atoms with Crippen molar-refractivity contribution in [1.29, 1.82) is 0 Å². The van der Waals surface area contributed by atoms with Crippen molar-refractivity contribution >= 4 is 35.1 Å². The van der Waals surface area contributed by atoms with Gasteiger partial charge in [0.05, 0.1) is 0 Å². The molecule has 32 heavy (non-hydrogen) atoms. The number of hydrogen-bond acceptors (Lipinski definition) is 3. The Morgan fingerprint density at radius 1 is 1.12 bits per heavy atom. The maximum absolute atomic E-state index is 13.2. The van der Waals surface area contributed by atoms with E-state index in [4.69, 9.17) is 11.6 Å². The lowest BCUT2D eigenvalue weighted by molar-refractivity contribution is -0.118. The lowest BCUT2D eigenvalue weighted by Gasteiger charge is -2.26. The summed E-state index contributed by atoms with van der Waals surface area (Å²) in [6, 6.07) is 9.48. The van der Waals surface area contributed by atoms with Gasteiger partial charge >= 0.3 is 6.09 Å². The predicted octanol–water partition coefficient (Wildman–Crippen LogP) is 4.96. The number of ketones is 1. The summed E-state index contributed by atoms with van der Waals surface area (Å²) < 4.78 is 13.2. The topological polar surface area (TPSA) is 77.9 Å². The largest absolute Gasteiger partial charge is 0.465 e. The van der Waals surface area contributed by atoms with Crippen LogP contribution in [0.4, 0.5) is 14.9 Å². The third-order valence-electron chi connectivity index (χ3n) is 5.76. The van der Waals surface area contributed by atoms with Crippen LogP contribution in [0.1, 0.15) is 47.2 Å². The second-order valence-electron chi connectivity index (χ2n) is 7.93. The molecule has 0 radical (unpaired) electrons. The third kappa shape index (κ3) is 5.85. The van der Waals surface area contributed by atoms with Crippen molar-refractivity contribution in [2.45, 2.75) is 38.5 Å². The zero-order valence-electron chi connectivity index (χ0n) is 17.9. The number of carbonyl (C=O) groups excluding carboxylic acids is 2. The number of nitrogens with zero attached hydrogens (tertiary/aromatic N) is 2. The summed E-state index contributed by atoms with van der Waals surface area (Å²) >= 11 is 6.01. The van der Waals surface area contributed by atoms with Gasteiger partial charge < -0.3 is 14.9 Å². The van der Waals surface area contributed by atoms with Gasteiger partial charge in [0.25, 0.3) is 0 Å². The molecular weight excluding hydrogens is 435 g/mol. The van der Waals surface area contributed by atoms with Crippen LogP contribution in [0.5, 0.6) is 0 Å². The average molecular weight is 461 g/mol. The fourth-order valence-corrected chi connectivity index (χ4v) is 4.11. The first kappa shape index (κ1) is 23.7. The number of halogens is 2. The van der Waals surface area contributed by atoms with E-state index in [1.807, 2.05) is 12.1 Å². The molecule has 0 saturated heterocycles. The summed E-state index contributed by atoms with van der Waals surface area (Å²) in [5, 5.41) is 9.72. The van der Waals surface area contributed by atoms with Gasteiger partial charge in [-0.3, -0.25) is 9.59 Å². The molecule has 1 heterocycles. The minimum atomic E-state index is -1.04. The number of fused-ring (bicyclic) bond motifs is 1. The molecule has 0 fully saturated rings. The lowest BCUT2D eigenvalue weighted by atomic mass is 9.96. The minimum absolute atomic E-state index is 0.00678. The van der Waals surface area contributed by atoms with E-state index in [-0.39, 0.29) is 23.3 Å². The van der Waals surface area contributed by atoms with Gasteiger partial charge in [0, 0.05) is 49.3 Å². The molecule has 8 heteroatoms. The monoisotopic (exact) mass is 460 g/mol. The fraction of sp³-hybridized carbons (Fsp3) is 0.375. The summed E-state index contributed by atoms with van der Waals surface area (Å²) in [6.07, 6.45) is 1.86. The van der Waals surface area contributed by atoms with Gasteiger partial charge in [-0.15, -0.1) is 0 Å². The predicted molar refractivity (Wildman–Crippen MR) is 121 cm³/mol. The standard InChI is InChI=1S/C24H26ClFN2O4/c1-27-21-9-6-18(14-17(21)7-10-23(27)30)22(29)4-2-3-12-28(24(31)32)13-11-16-5-8-19(26)15-20(16)25/h5-6,8-9,14-15H,2-4,7,10-13H2,1H3,(H,31,32). The van der Waals surface area contributed by atoms with Crippen molar-refractivity contribution in [2.24, 2.45) is 0 Å². The van der Waals surface area contributed by atoms with E-state index in [0.717, 1.165) is 11.3 Å². The first-order valence-electron chi connectivity index (χ1n) is 10.6. The summed E-state index contributed by atoms with van der Waals surface area (Å²) in [5.41, 5.74) is 3.15. The Morgan fingerprint density at radius 3 is 2.62 bits per heavy atom. The Bertz CT molecular complexity index is 1030. The second kappa shape index (κ2) is 10.6. The molecule has 6 nitrogen and oxygen atoms in total. The molecule has 1 N–H and O–H groups in total. The maximum atomic E-state index is 13.2. The van der Waals surface area contributed by atoms with Gasteiger partial charge in [-0.1, -0.05) is 17.7 Å². The minimum Gasteiger partial charge on any atom is -0.465 e. The van der Waals surface area contributed by atoms with Crippen molar-refractivity contribution in [3.63, 3.8) is 0 Å². The first-order valence-corrected chi connectivity index (χ1v) is 11.0. The van der Waals surface area contributed by atoms with Crippen molar-refractivity contribution in [3.8, 4) is 0 Å². The Labute approximate surface area is 191 Å². The molecule has 2 aromatic carbocycles. The summed E-state index contributed by atoms with van der Waals surface area (Å²) in [5.74, 6) is -0.355. The molecule has 1 aliphatic rings. The highest BCUT2D eigenvalue weighted by Gasteiger charge is 2.21. The van der Waals surface area contributed by atoms with Crippen LogP contribution in [0.25, 0.3) is 0 Å². The number of Topliss-reactive ketones (excluding diaryl/α,β-unsaturated/α-hetero) is 1. The Hall–Kier alpha value is -2.93. The average Bonchev–Trinajstić information content (AvgIpc) is 2.76. The summed E-state index contributed by atoms with van der Waals surface area (Å²) in [6.45, 7) is 0.546. The van der Waals surface area contributed by atoms with Crippen LogP contribution in [0.15, 0.2) is 36.4 Å². The lowest BCUT2D eigenvalue weighted by Crippen LogP contribution is -2.32. The fourth-order valence-electron chi connectivity index (χ4n) is 3.85. The third-order valence-corrected chi connectivity index (χ3v) is 6.12. The molecule has 0 aliphatic carbocycles. The molecule has 1 aliphatic heterocycles. The van der Waals surface area contributed by atoms with Crippen molar-refractivity contribution in [3.05, 3.63) is 63.9 Å². The second-order valence-corrected chi connectivity index (χ2v) is 8.34. The number of amides is 2. The Kier molecular flexibility index (Phi) is 7.85. The summed E-state index contributed by atoms with van der Waals surface area (Å²) in [7, 11) is 1.74. The van der Waals surface area contributed by atoms with Crippen molar-refractivity contribution in [1.82, 2.24) is 4.90 Å². The Morgan fingerprint density at radius 2 is 1.91 bits per heavy atom. The van der Waals surface area contributed by atoms with Gasteiger partial charge in [0.2, 0.25) is 5.91 Å². The van der Waals surface area contributed by atoms with Crippen molar-refractivity contribution in [2.75, 3.05) is 25.0 Å². The number of rotatable bonds is 9. The van der Waals surface area contributed by atoms with Gasteiger partial charge in [-0.05, 0) is 67.1 Å². The van der Waals surface area contributed by atoms with Crippen LogP contribution in [0.2, 0.25) is 5.02 Å². The number of carboxylic acid groups (broad SMARTS) is 1. The molecule has 2 amide bonds. The van der Waals surface area contributed by atoms with Crippen LogP contribution < -0.4 is 4.90 Å². The van der Waals surface area contributed by atoms with Gasteiger partial charge in [-0.25, -0.2) is 9.18 Å². The molecular formula is C24H26ClFN2O4. The van der Waals surface area contributed by atoms with E-state index < -0.39 is 11.9 Å². The number of benzene rings is 2. The zero-order chi connectivity index (χ0) is 23.3. The number of unbranched alkanes of at least 4 members (excludes halogenated alkanes) is 1. The van der Waals surface area contributed by atoms with Crippen LogP contribution in [0.3, 0.4) is 0 Å². The molecule has 0 saturated carbocycles. The quantitative estimate of drug-likeness (QED) is 0.423. The molecule has 170 valence electrons. The van der Waals surface area contributed by atoms with Crippen LogP contribution >= 0.6 is 11.6 Å². The summed E-state index contributed by atoms with van der Waals surface area (Å²) in [4.78, 5) is 38.8. The molecule has 0 spiro atoms. The number of anilines is 1. The molecule has 3 rings (SSSR count). The van der Waals surface area contributed by atoms with E-state index in [0.29, 0.717) is 56.2 Å². The molecule has 0 atom stereocenters. The molecule has 0 bridgehead atoms. The van der Waals surface area contributed by atoms with E-state index >= 15 is 0 Å². The number of carbonyl (C=O) groups is 3. The molecule has 0 unspecified atom stereocenters. The molecule has 2 aromatic rings. The van der Waals surface area contributed by atoms with E-state index in [9.17, 15) is 23.9 Å². The van der Waals surface area contributed by atoms with E-state index in [1.165, 1.54) is 17.0 Å². The Balaban J connectivity index is 1.48. The van der Waals surface area contributed by atoms with Gasteiger partial charge in [0.1, 0.15) is 5.82 Å². The smallest absolute Gasteiger partial charge is 0.407 e. The number of aryl methyl sites for hydroxylation is 1. The SMILES string of the molecule is CN1C(=O)CCc2cc(C(=O)CCCCN(CCc3ccc(F)cc3Cl)C(=O)O)ccc21. The zero-order valence-corrected chi connectivity index (χ0v) is 18.7. The first-order chi connectivity index (χ1) is 15.3. The number of hydrogen-bond donors (Lipinski definition) is 1. The van der Waals surface area contributed by atoms with Gasteiger partial charge in [0.15, 0.2) is 5.78 Å². The van der Waals surface area contributed by atoms with Crippen LogP contribution in [0, 0.1) is 5.82 Å². The van der Waals surface area contributed by atoms with Crippen molar-refractivity contribution < 1.29 is 23.9 Å². The highest BCUT2D eigenvalue weighted by atomic mass is 35.5. The van der Waals surface area contributed by atoms with E-state index in [2.05, 4.69) is 0 Å². The maximum Gasteiger partial charge on any atom is 0.407 e. The highest BCUT2D eigenvalue weighted by molar-refractivity contribution is 6.31.